The number of aromatic nitrogens is 2. The fourth-order valence-electron chi connectivity index (χ4n) is 4.23. The zero-order valence-electron chi connectivity index (χ0n) is 12.7. The number of nitrogens with zero attached hydrogens (tertiary/aromatic N) is 3. The highest BCUT2D eigenvalue weighted by Gasteiger charge is 2.56. The van der Waals surface area contributed by atoms with Crippen LogP contribution >= 0.6 is 0 Å². The van der Waals surface area contributed by atoms with E-state index in [-0.39, 0.29) is 36.6 Å². The molecular weight excluding hydrogens is 268 g/mol. The van der Waals surface area contributed by atoms with Crippen molar-refractivity contribution < 1.29 is 9.90 Å². The van der Waals surface area contributed by atoms with Crippen LogP contribution in [0.5, 0.6) is 0 Å². The summed E-state index contributed by atoms with van der Waals surface area (Å²) in [6.45, 7) is 4.33. The molecule has 2 saturated heterocycles. The van der Waals surface area contributed by atoms with Crippen molar-refractivity contribution in [3.63, 3.8) is 0 Å². The normalized spacial score (nSPS) is 31.1. The van der Waals surface area contributed by atoms with Gasteiger partial charge in [-0.25, -0.2) is 4.68 Å². The second-order valence-corrected chi connectivity index (χ2v) is 6.49. The maximum Gasteiger partial charge on any atom is 0.244 e. The summed E-state index contributed by atoms with van der Waals surface area (Å²) in [5.41, 5.74) is 6.58. The third kappa shape index (κ3) is 2.12. The van der Waals surface area contributed by atoms with Gasteiger partial charge in [-0.15, -0.1) is 0 Å². The van der Waals surface area contributed by atoms with Gasteiger partial charge in [-0.05, 0) is 32.6 Å². The lowest BCUT2D eigenvalue weighted by Crippen LogP contribution is -2.43. The van der Waals surface area contributed by atoms with Crippen LogP contribution < -0.4 is 5.73 Å². The van der Waals surface area contributed by atoms with Gasteiger partial charge in [-0.2, -0.15) is 5.10 Å². The Labute approximate surface area is 124 Å². The van der Waals surface area contributed by atoms with Crippen molar-refractivity contribution in [1.82, 2.24) is 14.7 Å². The molecule has 21 heavy (non-hydrogen) atoms. The van der Waals surface area contributed by atoms with Gasteiger partial charge in [-0.3, -0.25) is 4.79 Å². The minimum atomic E-state index is -0.107. The molecule has 2 aliphatic heterocycles. The van der Waals surface area contributed by atoms with Crippen molar-refractivity contribution in [3.05, 3.63) is 11.8 Å². The number of nitrogen functional groups attached to an aromatic ring is 1. The van der Waals surface area contributed by atoms with Crippen molar-refractivity contribution in [2.45, 2.75) is 58.2 Å². The molecule has 6 heteroatoms. The van der Waals surface area contributed by atoms with Gasteiger partial charge in [0.2, 0.25) is 5.91 Å². The molecule has 1 amide bonds. The smallest absolute Gasteiger partial charge is 0.244 e. The largest absolute Gasteiger partial charge is 0.396 e. The molecule has 0 unspecified atom stereocenters. The number of aryl methyl sites for hydroxylation is 1. The van der Waals surface area contributed by atoms with E-state index in [9.17, 15) is 9.90 Å². The summed E-state index contributed by atoms with van der Waals surface area (Å²) in [7, 11) is 0. The van der Waals surface area contributed by atoms with E-state index in [1.54, 1.807) is 10.7 Å². The fourth-order valence-corrected chi connectivity index (χ4v) is 4.23. The number of carbonyl (C=O) groups is 1. The van der Waals surface area contributed by atoms with Gasteiger partial charge in [0.25, 0.3) is 0 Å². The number of carbonyl (C=O) groups excluding carboxylic acids is 1. The Kier molecular flexibility index (Phi) is 3.43. The highest BCUT2D eigenvalue weighted by atomic mass is 16.3. The first kappa shape index (κ1) is 14.4. The summed E-state index contributed by atoms with van der Waals surface area (Å²) in [4.78, 5) is 14.7. The molecule has 0 saturated carbocycles. The van der Waals surface area contributed by atoms with Gasteiger partial charge in [0.15, 0.2) is 0 Å². The number of anilines is 1. The first-order valence-electron chi connectivity index (χ1n) is 7.72. The lowest BCUT2D eigenvalue weighted by Gasteiger charge is -2.34. The molecule has 1 aromatic rings. The molecule has 6 nitrogen and oxygen atoms in total. The lowest BCUT2D eigenvalue weighted by molar-refractivity contribution is -0.134. The van der Waals surface area contributed by atoms with Crippen molar-refractivity contribution in [2.24, 2.45) is 5.41 Å². The first-order chi connectivity index (χ1) is 10.0. The van der Waals surface area contributed by atoms with Crippen LogP contribution in [0, 0.1) is 12.3 Å². The molecule has 3 atom stereocenters. The third-order valence-corrected chi connectivity index (χ3v) is 5.38. The van der Waals surface area contributed by atoms with E-state index in [4.69, 9.17) is 5.73 Å². The average molecular weight is 292 g/mol. The van der Waals surface area contributed by atoms with Crippen LogP contribution in [0.3, 0.4) is 0 Å². The van der Waals surface area contributed by atoms with Crippen molar-refractivity contribution in [1.29, 1.82) is 0 Å². The van der Waals surface area contributed by atoms with Crippen LogP contribution in [0.2, 0.25) is 0 Å². The highest BCUT2D eigenvalue weighted by Crippen LogP contribution is 2.51. The molecule has 0 radical (unpaired) electrons. The van der Waals surface area contributed by atoms with Crippen LogP contribution in [-0.2, 0) is 11.3 Å². The maximum atomic E-state index is 12.7. The van der Waals surface area contributed by atoms with Crippen LogP contribution in [0.25, 0.3) is 0 Å². The minimum Gasteiger partial charge on any atom is -0.396 e. The number of aliphatic hydroxyl groups excluding tert-OH is 1. The van der Waals surface area contributed by atoms with Gasteiger partial charge < -0.3 is 15.7 Å². The molecule has 2 bridgehead atoms. The van der Waals surface area contributed by atoms with E-state index in [0.29, 0.717) is 5.82 Å². The number of rotatable bonds is 4. The summed E-state index contributed by atoms with van der Waals surface area (Å²) in [5, 5.41) is 14.1. The van der Waals surface area contributed by atoms with Gasteiger partial charge >= 0.3 is 0 Å². The SMILES string of the molecule is CC[C@]1(CO)C[C@H]2CC[C@@H]1N2C(=O)Cn1nc(C)cc1N. The van der Waals surface area contributed by atoms with E-state index in [1.807, 2.05) is 11.8 Å². The molecule has 3 rings (SSSR count). The molecule has 2 aliphatic rings. The Hall–Kier alpha value is -1.56. The Morgan fingerprint density at radius 3 is 2.86 bits per heavy atom. The number of hydrogen-bond donors (Lipinski definition) is 2. The number of hydrogen-bond acceptors (Lipinski definition) is 4. The predicted molar refractivity (Wildman–Crippen MR) is 79.5 cm³/mol. The topological polar surface area (TPSA) is 84.4 Å². The molecule has 0 spiro atoms. The van der Waals surface area contributed by atoms with Crippen LogP contribution in [0.15, 0.2) is 6.07 Å². The van der Waals surface area contributed by atoms with Crippen molar-refractivity contribution in [2.75, 3.05) is 12.3 Å². The lowest BCUT2D eigenvalue weighted by atomic mass is 9.72. The molecule has 3 heterocycles. The molecule has 116 valence electrons. The first-order valence-corrected chi connectivity index (χ1v) is 7.72. The van der Waals surface area contributed by atoms with E-state index >= 15 is 0 Å². The summed E-state index contributed by atoms with van der Waals surface area (Å²) in [6.07, 6.45) is 3.88. The Bertz CT molecular complexity index is 550. The Morgan fingerprint density at radius 2 is 2.33 bits per heavy atom. The molecule has 2 fully saturated rings. The van der Waals surface area contributed by atoms with Gasteiger partial charge in [0.05, 0.1) is 12.3 Å². The highest BCUT2D eigenvalue weighted by molar-refractivity contribution is 5.78. The summed E-state index contributed by atoms with van der Waals surface area (Å²) in [6, 6.07) is 2.21. The quantitative estimate of drug-likeness (QED) is 0.864. The number of aliphatic hydroxyl groups is 1. The predicted octanol–water partition coefficient (Wildman–Crippen LogP) is 0.926. The Morgan fingerprint density at radius 1 is 1.57 bits per heavy atom. The Balaban J connectivity index is 1.78. The average Bonchev–Trinajstić information content (AvgIpc) is 3.10. The minimum absolute atomic E-state index is 0.0704. The molecule has 0 aliphatic carbocycles. The molecule has 0 aromatic carbocycles. The van der Waals surface area contributed by atoms with Gasteiger partial charge in [-0.1, -0.05) is 6.92 Å². The molecule has 1 aromatic heterocycles. The zero-order valence-corrected chi connectivity index (χ0v) is 12.7. The van der Waals surface area contributed by atoms with Crippen molar-refractivity contribution in [3.8, 4) is 0 Å². The van der Waals surface area contributed by atoms with E-state index in [2.05, 4.69) is 12.0 Å². The summed E-state index contributed by atoms with van der Waals surface area (Å²) >= 11 is 0. The maximum absolute atomic E-state index is 12.7. The van der Waals surface area contributed by atoms with E-state index < -0.39 is 0 Å². The van der Waals surface area contributed by atoms with Crippen molar-refractivity contribution >= 4 is 11.7 Å². The van der Waals surface area contributed by atoms with Crippen LogP contribution in [-0.4, -0.2) is 44.4 Å². The van der Waals surface area contributed by atoms with Crippen LogP contribution in [0.4, 0.5) is 5.82 Å². The molecule has 3 N–H and O–H groups in total. The van der Waals surface area contributed by atoms with Gasteiger partial charge in [0.1, 0.15) is 12.4 Å². The van der Waals surface area contributed by atoms with E-state index in [1.165, 1.54) is 0 Å². The monoisotopic (exact) mass is 292 g/mol. The second kappa shape index (κ2) is 5.02. The number of fused-ring (bicyclic) bond motifs is 2. The van der Waals surface area contributed by atoms with Gasteiger partial charge in [0, 0.05) is 23.6 Å². The standard InChI is InChI=1S/C15H24N4O2/c1-3-15(9-20)7-11-4-5-12(15)19(11)14(21)8-18-13(16)6-10(2)17-18/h6,11-12,20H,3-5,7-9,16H2,1-2H3/t11-,12+,15-/m1/s1. The third-order valence-electron chi connectivity index (χ3n) is 5.38. The second-order valence-electron chi connectivity index (χ2n) is 6.49. The number of nitrogens with two attached hydrogens (primary N) is 1. The molecular formula is C15H24N4O2. The van der Waals surface area contributed by atoms with Crippen LogP contribution in [0.1, 0.15) is 38.3 Å². The zero-order chi connectivity index (χ0) is 15.2. The van der Waals surface area contributed by atoms with E-state index in [0.717, 1.165) is 31.4 Å². The summed E-state index contributed by atoms with van der Waals surface area (Å²) in [5.74, 6) is 0.595. The fraction of sp³-hybridized carbons (Fsp3) is 0.733. The summed E-state index contributed by atoms with van der Waals surface area (Å²) < 4.78 is 1.57. The number of amides is 1.